The number of piperidine rings is 1. The zero-order chi connectivity index (χ0) is 16.2. The number of benzene rings is 1. The highest BCUT2D eigenvalue weighted by atomic mass is 19.4. The highest BCUT2D eigenvalue weighted by Crippen LogP contribution is 2.25. The third kappa shape index (κ3) is 4.00. The van der Waals surface area contributed by atoms with Crippen LogP contribution in [0.3, 0.4) is 0 Å². The summed E-state index contributed by atoms with van der Waals surface area (Å²) < 4.78 is 34.2. The first-order valence-electron chi connectivity index (χ1n) is 6.96. The molecule has 120 valence electrons. The van der Waals surface area contributed by atoms with Crippen LogP contribution in [0.2, 0.25) is 0 Å². The van der Waals surface area contributed by atoms with Gasteiger partial charge in [-0.3, -0.25) is 0 Å². The minimum atomic E-state index is -5.08. The van der Waals surface area contributed by atoms with Crippen LogP contribution in [-0.2, 0) is 4.79 Å². The average molecular weight is 314 g/mol. The predicted octanol–water partition coefficient (Wildman–Crippen LogP) is 3.20. The van der Waals surface area contributed by atoms with Crippen LogP contribution in [0.25, 0.3) is 10.9 Å². The van der Waals surface area contributed by atoms with Crippen molar-refractivity contribution in [3.8, 4) is 0 Å². The number of rotatable bonds is 1. The number of halogens is 3. The maximum absolute atomic E-state index is 10.6. The summed E-state index contributed by atoms with van der Waals surface area (Å²) in [7, 11) is 0. The van der Waals surface area contributed by atoms with Crippen molar-refractivity contribution in [3.63, 3.8) is 0 Å². The summed E-state index contributed by atoms with van der Waals surface area (Å²) in [6.07, 6.45) is -0.349. The van der Waals surface area contributed by atoms with E-state index in [4.69, 9.17) is 9.90 Å². The largest absolute Gasteiger partial charge is 0.490 e. The normalized spacial score (nSPS) is 16.1. The number of aromatic nitrogens is 1. The van der Waals surface area contributed by atoms with Gasteiger partial charge in [0.25, 0.3) is 0 Å². The van der Waals surface area contributed by atoms with Gasteiger partial charge < -0.3 is 15.0 Å². The van der Waals surface area contributed by atoms with Gasteiger partial charge in [-0.05, 0) is 43.5 Å². The molecule has 0 saturated carbocycles. The van der Waals surface area contributed by atoms with Crippen molar-refractivity contribution in [1.82, 2.24) is 9.88 Å². The molecule has 7 heteroatoms. The lowest BCUT2D eigenvalue weighted by molar-refractivity contribution is -0.192. The van der Waals surface area contributed by atoms with Crippen LogP contribution in [0.15, 0.2) is 36.5 Å². The zero-order valence-corrected chi connectivity index (χ0v) is 11.8. The second kappa shape index (κ2) is 6.83. The molecule has 3 rings (SSSR count). The molecule has 0 amide bonds. The van der Waals surface area contributed by atoms with Crippen molar-refractivity contribution >= 4 is 16.9 Å². The van der Waals surface area contributed by atoms with E-state index in [1.165, 1.54) is 23.7 Å². The SMILES string of the molecule is O=C(O)C(F)(F)F.c1ccc2c(c1)ccn2C1CCNCC1. The lowest BCUT2D eigenvalue weighted by Gasteiger charge is -2.25. The van der Waals surface area contributed by atoms with Crippen molar-refractivity contribution < 1.29 is 23.1 Å². The Morgan fingerprint density at radius 2 is 1.77 bits per heavy atom. The Morgan fingerprint density at radius 3 is 2.36 bits per heavy atom. The maximum atomic E-state index is 10.6. The quantitative estimate of drug-likeness (QED) is 0.850. The van der Waals surface area contributed by atoms with E-state index < -0.39 is 12.1 Å². The van der Waals surface area contributed by atoms with E-state index in [1.54, 1.807) is 0 Å². The Kier molecular flexibility index (Phi) is 5.07. The molecule has 0 atom stereocenters. The molecule has 0 aliphatic carbocycles. The van der Waals surface area contributed by atoms with E-state index in [2.05, 4.69) is 46.4 Å². The van der Waals surface area contributed by atoms with Crippen LogP contribution in [-0.4, -0.2) is 34.9 Å². The number of carboxylic acid groups (broad SMARTS) is 1. The summed E-state index contributed by atoms with van der Waals surface area (Å²) in [6, 6.07) is 11.5. The summed E-state index contributed by atoms with van der Waals surface area (Å²) >= 11 is 0. The number of carboxylic acids is 1. The Balaban J connectivity index is 0.000000217. The predicted molar refractivity (Wildman–Crippen MR) is 76.8 cm³/mol. The van der Waals surface area contributed by atoms with Crippen molar-refractivity contribution in [2.24, 2.45) is 0 Å². The number of nitrogens with one attached hydrogen (secondary N) is 1. The maximum Gasteiger partial charge on any atom is 0.490 e. The number of carbonyl (C=O) groups is 1. The second-order valence-corrected chi connectivity index (χ2v) is 5.07. The van der Waals surface area contributed by atoms with E-state index in [1.807, 2.05) is 0 Å². The van der Waals surface area contributed by atoms with Crippen LogP contribution < -0.4 is 5.32 Å². The molecule has 2 N–H and O–H groups in total. The molecule has 1 aliphatic heterocycles. The van der Waals surface area contributed by atoms with Crippen molar-refractivity contribution in [3.05, 3.63) is 36.5 Å². The fourth-order valence-electron chi connectivity index (χ4n) is 2.51. The summed E-state index contributed by atoms with van der Waals surface area (Å²) in [4.78, 5) is 8.90. The van der Waals surface area contributed by atoms with Crippen LogP contribution >= 0.6 is 0 Å². The first-order valence-corrected chi connectivity index (χ1v) is 6.96. The smallest absolute Gasteiger partial charge is 0.475 e. The number of nitrogens with zero attached hydrogens (tertiary/aromatic N) is 1. The highest BCUT2D eigenvalue weighted by Gasteiger charge is 2.38. The van der Waals surface area contributed by atoms with Gasteiger partial charge in [-0.2, -0.15) is 13.2 Å². The third-order valence-electron chi connectivity index (χ3n) is 3.57. The monoisotopic (exact) mass is 314 g/mol. The lowest BCUT2D eigenvalue weighted by Crippen LogP contribution is -2.29. The molecule has 1 aromatic heterocycles. The van der Waals surface area contributed by atoms with Crippen molar-refractivity contribution in [2.45, 2.75) is 25.1 Å². The van der Waals surface area contributed by atoms with Crippen molar-refractivity contribution in [1.29, 1.82) is 0 Å². The molecule has 4 nitrogen and oxygen atoms in total. The summed E-state index contributed by atoms with van der Waals surface area (Å²) in [5, 5.41) is 11.9. The number of aliphatic carboxylic acids is 1. The molecule has 1 fully saturated rings. The standard InChI is InChI=1S/C13H16N2.C2HF3O2/c1-2-4-13-11(3-1)7-10-15(13)12-5-8-14-9-6-12;3-2(4,5)1(6)7/h1-4,7,10,12,14H,5-6,8-9H2;(H,6,7). The topological polar surface area (TPSA) is 54.3 Å². The second-order valence-electron chi connectivity index (χ2n) is 5.07. The van der Waals surface area contributed by atoms with Gasteiger partial charge in [0.1, 0.15) is 0 Å². The average Bonchev–Trinajstić information content (AvgIpc) is 2.92. The van der Waals surface area contributed by atoms with Gasteiger partial charge in [0.05, 0.1) is 0 Å². The van der Waals surface area contributed by atoms with Crippen molar-refractivity contribution in [2.75, 3.05) is 13.1 Å². The number of hydrogen-bond donors (Lipinski definition) is 2. The first-order chi connectivity index (χ1) is 10.4. The first kappa shape index (κ1) is 16.4. The molecule has 2 aromatic rings. The third-order valence-corrected chi connectivity index (χ3v) is 3.57. The van der Waals surface area contributed by atoms with E-state index in [0.29, 0.717) is 6.04 Å². The molecular weight excluding hydrogens is 297 g/mol. The van der Waals surface area contributed by atoms with Gasteiger partial charge in [-0.1, -0.05) is 18.2 Å². The fourth-order valence-corrected chi connectivity index (χ4v) is 2.51. The van der Waals surface area contributed by atoms with E-state index >= 15 is 0 Å². The van der Waals surface area contributed by atoms with Crippen LogP contribution in [0.4, 0.5) is 13.2 Å². The van der Waals surface area contributed by atoms with E-state index in [9.17, 15) is 13.2 Å². The van der Waals surface area contributed by atoms with Crippen LogP contribution in [0.1, 0.15) is 18.9 Å². The fraction of sp³-hybridized carbons (Fsp3) is 0.400. The van der Waals surface area contributed by atoms with Gasteiger partial charge in [-0.15, -0.1) is 0 Å². The molecule has 0 radical (unpaired) electrons. The number of alkyl halides is 3. The number of para-hydroxylation sites is 1. The Morgan fingerprint density at radius 1 is 1.18 bits per heavy atom. The molecule has 0 bridgehead atoms. The minimum absolute atomic E-state index is 0.686. The molecule has 2 heterocycles. The summed E-state index contributed by atoms with van der Waals surface area (Å²) in [5.74, 6) is -2.76. The van der Waals surface area contributed by atoms with Crippen LogP contribution in [0, 0.1) is 0 Å². The molecular formula is C15H17F3N2O2. The van der Waals surface area contributed by atoms with E-state index in [0.717, 1.165) is 13.1 Å². The van der Waals surface area contributed by atoms with Crippen LogP contribution in [0.5, 0.6) is 0 Å². The highest BCUT2D eigenvalue weighted by molar-refractivity contribution is 5.80. The Hall–Kier alpha value is -2.02. The van der Waals surface area contributed by atoms with Gasteiger partial charge in [0, 0.05) is 17.8 Å². The molecule has 1 aromatic carbocycles. The minimum Gasteiger partial charge on any atom is -0.475 e. The van der Waals surface area contributed by atoms with E-state index in [-0.39, 0.29) is 0 Å². The number of hydrogen-bond acceptors (Lipinski definition) is 2. The number of fused-ring (bicyclic) bond motifs is 1. The van der Waals surface area contributed by atoms with Gasteiger partial charge in [0.15, 0.2) is 0 Å². The Bertz CT molecular complexity index is 631. The molecule has 0 spiro atoms. The summed E-state index contributed by atoms with van der Waals surface area (Å²) in [5.41, 5.74) is 1.38. The van der Waals surface area contributed by atoms with Gasteiger partial charge >= 0.3 is 12.1 Å². The summed E-state index contributed by atoms with van der Waals surface area (Å²) in [6.45, 7) is 2.30. The molecule has 22 heavy (non-hydrogen) atoms. The van der Waals surface area contributed by atoms with Gasteiger partial charge in [-0.25, -0.2) is 4.79 Å². The molecule has 1 saturated heterocycles. The molecule has 0 unspecified atom stereocenters. The Labute approximate surface area is 125 Å². The lowest BCUT2D eigenvalue weighted by atomic mass is 10.1. The zero-order valence-electron chi connectivity index (χ0n) is 11.8. The van der Waals surface area contributed by atoms with Gasteiger partial charge in [0.2, 0.25) is 0 Å². The molecule has 1 aliphatic rings.